The summed E-state index contributed by atoms with van der Waals surface area (Å²) < 4.78 is 35.9. The molecule has 0 saturated heterocycles. The fourth-order valence-electron chi connectivity index (χ4n) is 2.99. The van der Waals surface area contributed by atoms with E-state index in [4.69, 9.17) is 9.47 Å². The van der Waals surface area contributed by atoms with Gasteiger partial charge in [0.2, 0.25) is 15.9 Å². The Morgan fingerprint density at radius 2 is 2.20 bits per heavy atom. The average molecular weight is 440 g/mol. The number of aliphatic hydroxyl groups excluding tert-OH is 1. The number of likely N-dealkylation sites (N-methyl/N-ethyl adjacent to an activating group) is 1. The number of aromatic nitrogens is 1. The van der Waals surface area contributed by atoms with E-state index in [2.05, 4.69) is 16.8 Å². The molecule has 0 unspecified atom stereocenters. The first-order valence-electron chi connectivity index (χ1n) is 9.56. The van der Waals surface area contributed by atoms with Crippen molar-refractivity contribution in [1.29, 1.82) is 0 Å². The van der Waals surface area contributed by atoms with Crippen molar-refractivity contribution in [2.75, 3.05) is 46.7 Å². The normalized spacial score (nSPS) is 20.5. The number of nitrogens with zero attached hydrogens (tertiary/aromatic N) is 3. The van der Waals surface area contributed by atoms with E-state index in [0.717, 1.165) is 6.26 Å². The zero-order chi connectivity index (χ0) is 22.5. The minimum Gasteiger partial charge on any atom is -0.472 e. The molecule has 10 heteroatoms. The van der Waals surface area contributed by atoms with Gasteiger partial charge < -0.3 is 19.5 Å². The van der Waals surface area contributed by atoms with Crippen LogP contribution in [0.2, 0.25) is 0 Å². The maximum atomic E-state index is 13.2. The van der Waals surface area contributed by atoms with Gasteiger partial charge in [-0.15, -0.1) is 0 Å². The third-order valence-electron chi connectivity index (χ3n) is 4.97. The Bertz CT molecular complexity index is 924. The van der Waals surface area contributed by atoms with Gasteiger partial charge in [-0.3, -0.25) is 4.79 Å². The first-order chi connectivity index (χ1) is 14.1. The number of aliphatic hydroxyl groups is 1. The van der Waals surface area contributed by atoms with E-state index < -0.39 is 22.2 Å². The number of hydrogen-bond acceptors (Lipinski definition) is 7. The van der Waals surface area contributed by atoms with Crippen molar-refractivity contribution in [3.8, 4) is 17.7 Å². The molecule has 1 N–H and O–H groups in total. The van der Waals surface area contributed by atoms with E-state index in [1.165, 1.54) is 24.7 Å². The monoisotopic (exact) mass is 439 g/mol. The molecule has 30 heavy (non-hydrogen) atoms. The number of hydrogen-bond donors (Lipinski definition) is 1. The fourth-order valence-corrected chi connectivity index (χ4v) is 3.41. The molecule has 0 bridgehead atoms. The lowest BCUT2D eigenvalue weighted by Gasteiger charge is -2.37. The van der Waals surface area contributed by atoms with Gasteiger partial charge in [0.25, 0.3) is 5.91 Å². The van der Waals surface area contributed by atoms with E-state index >= 15 is 0 Å². The molecule has 2 heterocycles. The Morgan fingerprint density at radius 3 is 2.80 bits per heavy atom. The summed E-state index contributed by atoms with van der Waals surface area (Å²) in [5, 5.41) is 9.65. The smallest absolute Gasteiger partial charge is 0.259 e. The second-order valence-electron chi connectivity index (χ2n) is 7.48. The molecule has 0 fully saturated rings. The molecule has 1 aliphatic heterocycles. The molecular formula is C20H29N3O6S. The largest absolute Gasteiger partial charge is 0.472 e. The van der Waals surface area contributed by atoms with Crippen LogP contribution in [-0.2, 0) is 14.8 Å². The summed E-state index contributed by atoms with van der Waals surface area (Å²) in [7, 11) is -0.393. The molecule has 0 spiro atoms. The highest BCUT2D eigenvalue weighted by atomic mass is 32.2. The van der Waals surface area contributed by atoms with E-state index in [-0.39, 0.29) is 43.0 Å². The van der Waals surface area contributed by atoms with Crippen molar-refractivity contribution < 1.29 is 27.8 Å². The lowest BCUT2D eigenvalue weighted by atomic mass is 10.0. The fraction of sp³-hybridized carbons (Fsp3) is 0.600. The molecule has 1 aromatic rings. The van der Waals surface area contributed by atoms with Crippen LogP contribution in [0.25, 0.3) is 0 Å². The highest BCUT2D eigenvalue weighted by Gasteiger charge is 2.35. The molecular weight excluding hydrogens is 410 g/mol. The zero-order valence-corrected chi connectivity index (χ0v) is 18.8. The minimum atomic E-state index is -3.41. The Hall–Kier alpha value is -2.19. The number of carbonyl (C=O) groups is 1. The number of sulfonamides is 1. The Balaban J connectivity index is 2.49. The Morgan fingerprint density at radius 1 is 1.50 bits per heavy atom. The number of carbonyl (C=O) groups excluding carboxylic acids is 1. The molecule has 1 aromatic heterocycles. The molecule has 2 rings (SSSR count). The summed E-state index contributed by atoms with van der Waals surface area (Å²) in [5.41, 5.74) is 0.746. The van der Waals surface area contributed by atoms with Crippen molar-refractivity contribution >= 4 is 15.9 Å². The van der Waals surface area contributed by atoms with Crippen molar-refractivity contribution in [2.45, 2.75) is 26.0 Å². The summed E-state index contributed by atoms with van der Waals surface area (Å²) in [6.07, 6.45) is 2.09. The molecule has 0 radical (unpaired) electrons. The van der Waals surface area contributed by atoms with Crippen molar-refractivity contribution in [2.24, 2.45) is 5.92 Å². The van der Waals surface area contributed by atoms with Crippen LogP contribution in [0.1, 0.15) is 29.8 Å². The number of methoxy groups -OCH3 is 1. The van der Waals surface area contributed by atoms with Gasteiger partial charge in [0.15, 0.2) is 0 Å². The zero-order valence-electron chi connectivity index (χ0n) is 18.0. The third-order valence-corrected chi connectivity index (χ3v) is 6.25. The van der Waals surface area contributed by atoms with Gasteiger partial charge in [-0.25, -0.2) is 17.7 Å². The summed E-state index contributed by atoms with van der Waals surface area (Å²) in [6, 6.07) is 1.17. The van der Waals surface area contributed by atoms with Crippen LogP contribution in [0, 0.1) is 17.8 Å². The molecule has 9 nitrogen and oxygen atoms in total. The summed E-state index contributed by atoms with van der Waals surface area (Å²) in [5.74, 6) is 5.28. The first-order valence-corrected chi connectivity index (χ1v) is 11.4. The quantitative estimate of drug-likeness (QED) is 0.630. The van der Waals surface area contributed by atoms with Crippen LogP contribution in [0.15, 0.2) is 12.3 Å². The number of fused-ring (bicyclic) bond motifs is 1. The maximum Gasteiger partial charge on any atom is 0.259 e. The van der Waals surface area contributed by atoms with E-state index in [9.17, 15) is 18.3 Å². The lowest BCUT2D eigenvalue weighted by molar-refractivity contribution is 0.0373. The van der Waals surface area contributed by atoms with Gasteiger partial charge in [-0.1, -0.05) is 18.8 Å². The number of rotatable bonds is 6. The van der Waals surface area contributed by atoms with Gasteiger partial charge >= 0.3 is 0 Å². The van der Waals surface area contributed by atoms with Crippen molar-refractivity contribution in [3.05, 3.63) is 23.4 Å². The maximum absolute atomic E-state index is 13.2. The predicted molar refractivity (Wildman–Crippen MR) is 112 cm³/mol. The summed E-state index contributed by atoms with van der Waals surface area (Å²) >= 11 is 0. The highest BCUT2D eigenvalue weighted by molar-refractivity contribution is 7.88. The van der Waals surface area contributed by atoms with Gasteiger partial charge in [0.1, 0.15) is 18.3 Å². The Labute approximate surface area is 178 Å². The molecule has 0 saturated carbocycles. The van der Waals surface area contributed by atoms with Gasteiger partial charge in [0, 0.05) is 38.4 Å². The second-order valence-corrected chi connectivity index (χ2v) is 9.57. The number of pyridine rings is 1. The molecule has 3 atom stereocenters. The van der Waals surface area contributed by atoms with Gasteiger partial charge in [0.05, 0.1) is 25.4 Å². The standard InChI is InChI=1S/C20H29N3O6S/c1-14-11-23(15(2)13-24)20(25)17-9-16(7-6-8-28-4)10-21-19(17)29-18(14)12-22(3)30(5,26)27/h9-10,14-15,18,24H,8,11-13H2,1-5H3/t14-,15-,18-/m1/s1. The van der Waals surface area contributed by atoms with Crippen LogP contribution in [-0.4, -0.2) is 92.5 Å². The molecule has 0 aromatic carbocycles. The van der Waals surface area contributed by atoms with Crippen LogP contribution < -0.4 is 4.74 Å². The van der Waals surface area contributed by atoms with Crippen LogP contribution >= 0.6 is 0 Å². The number of amides is 1. The molecule has 166 valence electrons. The number of ether oxygens (including phenoxy) is 2. The Kier molecular flexibility index (Phi) is 8.20. The summed E-state index contributed by atoms with van der Waals surface area (Å²) in [6.45, 7) is 4.06. The van der Waals surface area contributed by atoms with Gasteiger partial charge in [-0.05, 0) is 13.0 Å². The van der Waals surface area contributed by atoms with E-state index in [0.29, 0.717) is 12.1 Å². The van der Waals surface area contributed by atoms with Gasteiger partial charge in [-0.2, -0.15) is 0 Å². The molecule has 1 amide bonds. The lowest BCUT2D eigenvalue weighted by Crippen LogP contribution is -2.50. The van der Waals surface area contributed by atoms with E-state index in [1.807, 2.05) is 6.92 Å². The van der Waals surface area contributed by atoms with E-state index in [1.54, 1.807) is 17.9 Å². The summed E-state index contributed by atoms with van der Waals surface area (Å²) in [4.78, 5) is 19.1. The van der Waals surface area contributed by atoms with Crippen LogP contribution in [0.4, 0.5) is 0 Å². The third kappa shape index (κ3) is 5.92. The van der Waals surface area contributed by atoms with Crippen LogP contribution in [0.3, 0.4) is 0 Å². The minimum absolute atomic E-state index is 0.103. The molecule has 1 aliphatic rings. The SMILES string of the molecule is COCC#Cc1cnc2c(c1)C(=O)N([C@H](C)CO)C[C@@H](C)[C@@H](CN(C)S(C)(=O)=O)O2. The van der Waals surface area contributed by atoms with Crippen LogP contribution in [0.5, 0.6) is 5.88 Å². The second kappa shape index (κ2) is 10.2. The highest BCUT2D eigenvalue weighted by Crippen LogP contribution is 2.27. The first kappa shape index (κ1) is 24.1. The predicted octanol–water partition coefficient (Wildman–Crippen LogP) is 0.191. The van der Waals surface area contributed by atoms with Crippen molar-refractivity contribution in [1.82, 2.24) is 14.2 Å². The van der Waals surface area contributed by atoms with Crippen molar-refractivity contribution in [3.63, 3.8) is 0 Å². The topological polar surface area (TPSA) is 109 Å². The molecule has 0 aliphatic carbocycles. The average Bonchev–Trinajstić information content (AvgIpc) is 2.69.